The van der Waals surface area contributed by atoms with Gasteiger partial charge in [-0.05, 0) is 24.5 Å². The Morgan fingerprint density at radius 2 is 1.95 bits per heavy atom. The van der Waals surface area contributed by atoms with Gasteiger partial charge in [0.25, 0.3) is 0 Å². The SMILES string of the molecule is CCc1nc(C(C)C)c(-c2ccccc2F)cc1C(=O)O. The smallest absolute Gasteiger partial charge is 0.337 e. The number of aromatic nitrogens is 1. The summed E-state index contributed by atoms with van der Waals surface area (Å²) in [6.45, 7) is 5.79. The molecule has 0 aliphatic rings. The van der Waals surface area contributed by atoms with Gasteiger partial charge in [0, 0.05) is 11.1 Å². The quantitative estimate of drug-likeness (QED) is 0.913. The Morgan fingerprint density at radius 3 is 2.48 bits per heavy atom. The maximum Gasteiger partial charge on any atom is 0.337 e. The number of carbonyl (C=O) groups is 1. The van der Waals surface area contributed by atoms with Crippen molar-refractivity contribution >= 4 is 5.97 Å². The number of aryl methyl sites for hydroxylation is 1. The fraction of sp³-hybridized carbons (Fsp3) is 0.294. The van der Waals surface area contributed by atoms with E-state index in [1.807, 2.05) is 20.8 Å². The van der Waals surface area contributed by atoms with Crippen molar-refractivity contribution in [3.05, 3.63) is 53.1 Å². The molecule has 2 aromatic rings. The summed E-state index contributed by atoms with van der Waals surface area (Å²) in [6, 6.07) is 7.90. The van der Waals surface area contributed by atoms with E-state index in [9.17, 15) is 14.3 Å². The van der Waals surface area contributed by atoms with Crippen molar-refractivity contribution in [1.82, 2.24) is 4.98 Å². The monoisotopic (exact) mass is 287 g/mol. The number of carboxylic acids is 1. The molecular weight excluding hydrogens is 269 g/mol. The van der Waals surface area contributed by atoms with Gasteiger partial charge in [-0.15, -0.1) is 0 Å². The summed E-state index contributed by atoms with van der Waals surface area (Å²) in [5.74, 6) is -1.33. The van der Waals surface area contributed by atoms with Crippen LogP contribution in [0.15, 0.2) is 30.3 Å². The number of nitrogens with zero attached hydrogens (tertiary/aromatic N) is 1. The number of carboxylic acid groups (broad SMARTS) is 1. The molecule has 0 saturated carbocycles. The minimum atomic E-state index is -1.03. The molecule has 0 aliphatic carbocycles. The molecule has 0 radical (unpaired) electrons. The Balaban J connectivity index is 2.77. The highest BCUT2D eigenvalue weighted by atomic mass is 19.1. The number of rotatable bonds is 4. The zero-order valence-electron chi connectivity index (χ0n) is 12.4. The maximum absolute atomic E-state index is 14.1. The molecule has 2 rings (SSSR count). The molecule has 4 heteroatoms. The van der Waals surface area contributed by atoms with E-state index in [-0.39, 0.29) is 17.3 Å². The van der Waals surface area contributed by atoms with Crippen LogP contribution in [-0.4, -0.2) is 16.1 Å². The average molecular weight is 287 g/mol. The van der Waals surface area contributed by atoms with Crippen LogP contribution in [0.2, 0.25) is 0 Å². The molecule has 0 aliphatic heterocycles. The Labute approximate surface area is 123 Å². The average Bonchev–Trinajstić information content (AvgIpc) is 2.46. The van der Waals surface area contributed by atoms with Crippen molar-refractivity contribution in [2.75, 3.05) is 0 Å². The van der Waals surface area contributed by atoms with Crippen molar-refractivity contribution in [3.63, 3.8) is 0 Å². The van der Waals surface area contributed by atoms with E-state index in [2.05, 4.69) is 4.98 Å². The van der Waals surface area contributed by atoms with Gasteiger partial charge < -0.3 is 5.11 Å². The van der Waals surface area contributed by atoms with Crippen LogP contribution in [0.5, 0.6) is 0 Å². The fourth-order valence-corrected chi connectivity index (χ4v) is 2.36. The van der Waals surface area contributed by atoms with Crippen LogP contribution in [0.25, 0.3) is 11.1 Å². The van der Waals surface area contributed by atoms with Gasteiger partial charge in [-0.3, -0.25) is 4.98 Å². The molecule has 3 nitrogen and oxygen atoms in total. The zero-order valence-corrected chi connectivity index (χ0v) is 12.4. The molecule has 1 heterocycles. The topological polar surface area (TPSA) is 50.2 Å². The van der Waals surface area contributed by atoms with Crippen LogP contribution in [0.1, 0.15) is 48.4 Å². The molecule has 1 aromatic heterocycles. The van der Waals surface area contributed by atoms with E-state index < -0.39 is 5.97 Å². The van der Waals surface area contributed by atoms with Crippen LogP contribution < -0.4 is 0 Å². The number of halogens is 1. The molecule has 1 N–H and O–H groups in total. The molecule has 21 heavy (non-hydrogen) atoms. The highest BCUT2D eigenvalue weighted by Crippen LogP contribution is 2.31. The summed E-state index contributed by atoms with van der Waals surface area (Å²) >= 11 is 0. The van der Waals surface area contributed by atoms with Gasteiger partial charge >= 0.3 is 5.97 Å². The molecular formula is C17H18FNO2. The summed E-state index contributed by atoms with van der Waals surface area (Å²) in [4.78, 5) is 15.9. The number of aromatic carboxylic acids is 1. The Hall–Kier alpha value is -2.23. The second-order valence-electron chi connectivity index (χ2n) is 5.21. The van der Waals surface area contributed by atoms with Crippen LogP contribution in [0.4, 0.5) is 4.39 Å². The second kappa shape index (κ2) is 6.04. The molecule has 1 aromatic carbocycles. The summed E-state index contributed by atoms with van der Waals surface area (Å²) in [7, 11) is 0. The molecule has 0 unspecified atom stereocenters. The summed E-state index contributed by atoms with van der Waals surface area (Å²) < 4.78 is 14.1. The highest BCUT2D eigenvalue weighted by Gasteiger charge is 2.19. The van der Waals surface area contributed by atoms with Crippen molar-refractivity contribution in [2.24, 2.45) is 0 Å². The van der Waals surface area contributed by atoms with Gasteiger partial charge in [0.1, 0.15) is 5.82 Å². The molecule has 0 atom stereocenters. The van der Waals surface area contributed by atoms with Gasteiger partial charge in [-0.1, -0.05) is 39.0 Å². The van der Waals surface area contributed by atoms with Crippen LogP contribution >= 0.6 is 0 Å². The maximum atomic E-state index is 14.1. The summed E-state index contributed by atoms with van der Waals surface area (Å²) in [6.07, 6.45) is 0.527. The van der Waals surface area contributed by atoms with Crippen LogP contribution in [0, 0.1) is 5.82 Å². The van der Waals surface area contributed by atoms with Gasteiger partial charge in [0.15, 0.2) is 0 Å². The van der Waals surface area contributed by atoms with Crippen molar-refractivity contribution in [1.29, 1.82) is 0 Å². The van der Waals surface area contributed by atoms with Gasteiger partial charge in [-0.25, -0.2) is 9.18 Å². The van der Waals surface area contributed by atoms with Gasteiger partial charge in [0.05, 0.1) is 17.0 Å². The molecule has 0 spiro atoms. The first-order valence-electron chi connectivity index (χ1n) is 6.97. The molecule has 0 bridgehead atoms. The molecule has 0 saturated heterocycles. The Kier molecular flexibility index (Phi) is 4.36. The first-order valence-corrected chi connectivity index (χ1v) is 6.97. The largest absolute Gasteiger partial charge is 0.478 e. The lowest BCUT2D eigenvalue weighted by Crippen LogP contribution is -2.09. The molecule has 0 fully saturated rings. The minimum absolute atomic E-state index is 0.0766. The first-order chi connectivity index (χ1) is 9.95. The lowest BCUT2D eigenvalue weighted by molar-refractivity contribution is 0.0695. The van der Waals surface area contributed by atoms with E-state index in [4.69, 9.17) is 0 Å². The van der Waals surface area contributed by atoms with Crippen LogP contribution in [0.3, 0.4) is 0 Å². The van der Waals surface area contributed by atoms with E-state index in [0.29, 0.717) is 23.2 Å². The third-order valence-electron chi connectivity index (χ3n) is 3.41. The Bertz CT molecular complexity index is 680. The minimum Gasteiger partial charge on any atom is -0.478 e. The number of benzene rings is 1. The number of hydrogen-bond acceptors (Lipinski definition) is 2. The van der Waals surface area contributed by atoms with Gasteiger partial charge in [0.2, 0.25) is 0 Å². The highest BCUT2D eigenvalue weighted by molar-refractivity contribution is 5.91. The lowest BCUT2D eigenvalue weighted by atomic mass is 9.94. The first kappa shape index (κ1) is 15.2. The fourth-order valence-electron chi connectivity index (χ4n) is 2.36. The predicted octanol–water partition coefficient (Wildman–Crippen LogP) is 4.27. The standard InChI is InChI=1S/C17H18FNO2/c1-4-15-13(17(20)21)9-12(16(19-15)10(2)3)11-7-5-6-8-14(11)18/h5-10H,4H2,1-3H3,(H,20,21). The number of pyridine rings is 1. The molecule has 110 valence electrons. The van der Waals surface area contributed by atoms with E-state index in [1.54, 1.807) is 24.3 Å². The zero-order chi connectivity index (χ0) is 15.6. The van der Waals surface area contributed by atoms with Crippen molar-refractivity contribution in [2.45, 2.75) is 33.1 Å². The van der Waals surface area contributed by atoms with Crippen molar-refractivity contribution < 1.29 is 14.3 Å². The predicted molar refractivity (Wildman–Crippen MR) is 80.1 cm³/mol. The second-order valence-corrected chi connectivity index (χ2v) is 5.21. The van der Waals surface area contributed by atoms with Gasteiger partial charge in [-0.2, -0.15) is 0 Å². The summed E-state index contributed by atoms with van der Waals surface area (Å²) in [5, 5.41) is 9.33. The van der Waals surface area contributed by atoms with Crippen LogP contribution in [-0.2, 0) is 6.42 Å². The number of hydrogen-bond donors (Lipinski definition) is 1. The third kappa shape index (κ3) is 2.94. The normalized spacial score (nSPS) is 10.9. The van der Waals surface area contributed by atoms with E-state index in [0.717, 1.165) is 5.69 Å². The Morgan fingerprint density at radius 1 is 1.29 bits per heavy atom. The van der Waals surface area contributed by atoms with E-state index >= 15 is 0 Å². The van der Waals surface area contributed by atoms with E-state index in [1.165, 1.54) is 6.07 Å². The molecule has 0 amide bonds. The lowest BCUT2D eigenvalue weighted by Gasteiger charge is -2.16. The van der Waals surface area contributed by atoms with Crippen molar-refractivity contribution in [3.8, 4) is 11.1 Å². The third-order valence-corrected chi connectivity index (χ3v) is 3.41. The summed E-state index contributed by atoms with van der Waals surface area (Å²) in [5.41, 5.74) is 2.34.